The van der Waals surface area contributed by atoms with Crippen molar-refractivity contribution < 1.29 is 13.2 Å². The number of carbonyl (C=O) groups excluding carboxylic acids is 1. The van der Waals surface area contributed by atoms with Crippen LogP contribution in [-0.2, 0) is 10.0 Å². The van der Waals surface area contributed by atoms with Crippen LogP contribution in [0.1, 0.15) is 17.3 Å². The van der Waals surface area contributed by atoms with Crippen LogP contribution in [0.15, 0.2) is 83.8 Å². The van der Waals surface area contributed by atoms with Gasteiger partial charge in [0.15, 0.2) is 5.11 Å². The van der Waals surface area contributed by atoms with E-state index in [0.29, 0.717) is 28.5 Å². The number of thiocarbonyl (C=S) groups is 1. The summed E-state index contributed by atoms with van der Waals surface area (Å²) in [6, 6.07) is 21.7. The molecule has 3 rings (SSSR count). The maximum absolute atomic E-state index is 13.0. The number of rotatable bonds is 6. The lowest BCUT2D eigenvalue weighted by molar-refractivity contribution is 0.0978. The van der Waals surface area contributed by atoms with Gasteiger partial charge in [0.2, 0.25) is 0 Å². The Hall–Kier alpha value is -2.94. The van der Waals surface area contributed by atoms with E-state index in [1.807, 2.05) is 6.07 Å². The van der Waals surface area contributed by atoms with Gasteiger partial charge in [0.05, 0.1) is 21.2 Å². The van der Waals surface area contributed by atoms with E-state index in [0.717, 1.165) is 0 Å². The maximum atomic E-state index is 13.0. The van der Waals surface area contributed by atoms with Crippen molar-refractivity contribution in [3.8, 4) is 0 Å². The number of sulfonamides is 1. The number of carbonyl (C=O) groups is 1. The quantitative estimate of drug-likeness (QED) is 0.508. The molecule has 0 aromatic heterocycles. The highest BCUT2D eigenvalue weighted by atomic mass is 35.5. The number of anilines is 2. The molecule has 0 spiro atoms. The number of nitrogens with zero attached hydrogens (tertiary/aromatic N) is 1. The third-order valence-corrected chi connectivity index (χ3v) is 6.83. The van der Waals surface area contributed by atoms with Gasteiger partial charge in [-0.3, -0.25) is 14.4 Å². The predicted molar refractivity (Wildman–Crippen MR) is 128 cm³/mol. The highest BCUT2D eigenvalue weighted by molar-refractivity contribution is 7.92. The minimum atomic E-state index is -3.72. The molecule has 3 aromatic carbocycles. The lowest BCUT2D eigenvalue weighted by Gasteiger charge is -2.23. The fourth-order valence-corrected chi connectivity index (χ4v) is 4.81. The molecule has 0 fully saturated rings. The van der Waals surface area contributed by atoms with Gasteiger partial charge in [-0.15, -0.1) is 0 Å². The van der Waals surface area contributed by atoms with E-state index in [9.17, 15) is 13.2 Å². The summed E-state index contributed by atoms with van der Waals surface area (Å²) in [4.78, 5) is 12.4. The Morgan fingerprint density at radius 1 is 0.968 bits per heavy atom. The van der Waals surface area contributed by atoms with Gasteiger partial charge in [0.1, 0.15) is 0 Å². The van der Waals surface area contributed by atoms with Gasteiger partial charge in [0, 0.05) is 12.2 Å². The molecule has 3 aromatic rings. The molecule has 0 aliphatic carbocycles. The number of amides is 1. The molecule has 0 unspecified atom stereocenters. The number of halogens is 1. The third kappa shape index (κ3) is 5.41. The minimum absolute atomic E-state index is 0.0694. The first-order valence-electron chi connectivity index (χ1n) is 9.37. The number of para-hydroxylation sites is 1. The smallest absolute Gasteiger partial charge is 0.264 e. The maximum Gasteiger partial charge on any atom is 0.264 e. The molecule has 1 amide bonds. The molecule has 0 saturated carbocycles. The molecule has 31 heavy (non-hydrogen) atoms. The summed E-state index contributed by atoms with van der Waals surface area (Å²) < 4.78 is 27.4. The van der Waals surface area contributed by atoms with Crippen LogP contribution in [0.4, 0.5) is 11.4 Å². The van der Waals surface area contributed by atoms with Gasteiger partial charge < -0.3 is 5.32 Å². The second kappa shape index (κ2) is 9.91. The van der Waals surface area contributed by atoms with Gasteiger partial charge in [-0.25, -0.2) is 8.42 Å². The van der Waals surface area contributed by atoms with Crippen LogP contribution in [-0.4, -0.2) is 26.0 Å². The zero-order chi connectivity index (χ0) is 22.4. The standard InChI is InChI=1S/C22H20ClN3O3S2/c1-2-26(17-8-4-3-5-9-17)31(28,29)18-14-12-16(13-15-18)24-22(30)25-21(27)19-10-6-7-11-20(19)23/h3-15H,2H2,1H3,(H2,24,25,27,30). The van der Waals surface area contributed by atoms with Crippen molar-refractivity contribution in [2.24, 2.45) is 0 Å². The van der Waals surface area contributed by atoms with E-state index in [4.69, 9.17) is 23.8 Å². The molecule has 6 nitrogen and oxygen atoms in total. The van der Waals surface area contributed by atoms with E-state index in [-0.39, 0.29) is 10.0 Å². The zero-order valence-corrected chi connectivity index (χ0v) is 19.0. The Morgan fingerprint density at radius 2 is 1.58 bits per heavy atom. The molecular weight excluding hydrogens is 454 g/mol. The van der Waals surface area contributed by atoms with E-state index >= 15 is 0 Å². The molecule has 0 aliphatic heterocycles. The fraction of sp³-hybridized carbons (Fsp3) is 0.0909. The van der Waals surface area contributed by atoms with Crippen molar-refractivity contribution in [3.63, 3.8) is 0 Å². The second-order valence-corrected chi connectivity index (χ2v) is 9.10. The monoisotopic (exact) mass is 473 g/mol. The average Bonchev–Trinajstić information content (AvgIpc) is 2.75. The highest BCUT2D eigenvalue weighted by Gasteiger charge is 2.23. The van der Waals surface area contributed by atoms with Crippen molar-refractivity contribution in [2.45, 2.75) is 11.8 Å². The van der Waals surface area contributed by atoms with E-state index in [1.165, 1.54) is 16.4 Å². The molecule has 0 radical (unpaired) electrons. The average molecular weight is 474 g/mol. The van der Waals surface area contributed by atoms with Crippen LogP contribution < -0.4 is 14.9 Å². The molecule has 0 atom stereocenters. The predicted octanol–water partition coefficient (Wildman–Crippen LogP) is 4.68. The lowest BCUT2D eigenvalue weighted by Crippen LogP contribution is -2.34. The Bertz CT molecular complexity index is 1180. The van der Waals surface area contributed by atoms with Gasteiger partial charge in [-0.2, -0.15) is 0 Å². The van der Waals surface area contributed by atoms with Crippen molar-refractivity contribution >= 4 is 56.2 Å². The Morgan fingerprint density at radius 3 is 2.19 bits per heavy atom. The van der Waals surface area contributed by atoms with Crippen molar-refractivity contribution in [1.82, 2.24) is 5.32 Å². The van der Waals surface area contributed by atoms with Gasteiger partial charge in [-0.1, -0.05) is 41.9 Å². The van der Waals surface area contributed by atoms with Gasteiger partial charge in [0.25, 0.3) is 15.9 Å². The first-order chi connectivity index (χ1) is 14.8. The van der Waals surface area contributed by atoms with Crippen LogP contribution in [0.3, 0.4) is 0 Å². The summed E-state index contributed by atoms with van der Waals surface area (Å²) in [6.45, 7) is 2.07. The summed E-state index contributed by atoms with van der Waals surface area (Å²) >= 11 is 11.2. The summed E-state index contributed by atoms with van der Waals surface area (Å²) in [7, 11) is -3.72. The van der Waals surface area contributed by atoms with Crippen LogP contribution >= 0.6 is 23.8 Å². The molecule has 9 heteroatoms. The Labute approximate surface area is 191 Å². The Balaban J connectivity index is 1.70. The van der Waals surface area contributed by atoms with Crippen molar-refractivity contribution in [1.29, 1.82) is 0 Å². The van der Waals surface area contributed by atoms with E-state index < -0.39 is 15.9 Å². The number of benzene rings is 3. The molecule has 2 N–H and O–H groups in total. The second-order valence-electron chi connectivity index (χ2n) is 6.42. The fourth-order valence-electron chi connectivity index (χ4n) is 2.90. The lowest BCUT2D eigenvalue weighted by atomic mass is 10.2. The zero-order valence-electron chi connectivity index (χ0n) is 16.6. The SMILES string of the molecule is CCN(c1ccccc1)S(=O)(=O)c1ccc(NC(=S)NC(=O)c2ccccc2Cl)cc1. The Kier molecular flexibility index (Phi) is 7.27. The van der Waals surface area contributed by atoms with Crippen molar-refractivity contribution in [3.05, 3.63) is 89.4 Å². The van der Waals surface area contributed by atoms with Crippen LogP contribution in [0.25, 0.3) is 0 Å². The molecular formula is C22H20ClN3O3S2. The molecule has 0 saturated heterocycles. The summed E-state index contributed by atoms with van der Waals surface area (Å²) in [5.41, 5.74) is 1.43. The van der Waals surface area contributed by atoms with E-state index in [1.54, 1.807) is 67.6 Å². The minimum Gasteiger partial charge on any atom is -0.332 e. The topological polar surface area (TPSA) is 78.5 Å². The highest BCUT2D eigenvalue weighted by Crippen LogP contribution is 2.24. The van der Waals surface area contributed by atoms with E-state index in [2.05, 4.69) is 10.6 Å². The van der Waals surface area contributed by atoms with Crippen molar-refractivity contribution in [2.75, 3.05) is 16.2 Å². The van der Waals surface area contributed by atoms with Gasteiger partial charge in [-0.05, 0) is 67.7 Å². The summed E-state index contributed by atoms with van der Waals surface area (Å²) in [5, 5.41) is 5.80. The van der Waals surface area contributed by atoms with Crippen LogP contribution in [0, 0.1) is 0 Å². The number of hydrogen-bond acceptors (Lipinski definition) is 4. The van der Waals surface area contributed by atoms with Gasteiger partial charge >= 0.3 is 0 Å². The number of nitrogens with one attached hydrogen (secondary N) is 2. The third-order valence-electron chi connectivity index (χ3n) is 4.38. The van der Waals surface area contributed by atoms with Crippen LogP contribution in [0.5, 0.6) is 0 Å². The van der Waals surface area contributed by atoms with Crippen LogP contribution in [0.2, 0.25) is 5.02 Å². The molecule has 160 valence electrons. The summed E-state index contributed by atoms with van der Waals surface area (Å²) in [6.07, 6.45) is 0. The molecule has 0 heterocycles. The normalized spacial score (nSPS) is 10.9. The first-order valence-corrected chi connectivity index (χ1v) is 11.6. The first kappa shape index (κ1) is 22.7. The summed E-state index contributed by atoms with van der Waals surface area (Å²) in [5.74, 6) is -0.441. The largest absolute Gasteiger partial charge is 0.332 e. The number of hydrogen-bond donors (Lipinski definition) is 2. The molecule has 0 aliphatic rings. The molecule has 0 bridgehead atoms.